The van der Waals surface area contributed by atoms with Gasteiger partial charge in [-0.3, -0.25) is 14.9 Å². The molecule has 1 aliphatic rings. The number of alkyl halides is 2. The monoisotopic (exact) mass is 329 g/mol. The van der Waals surface area contributed by atoms with Crippen molar-refractivity contribution < 1.29 is 23.2 Å². The topological polar surface area (TPSA) is 84.7 Å². The zero-order chi connectivity index (χ0) is 17.0. The fourth-order valence-corrected chi connectivity index (χ4v) is 2.66. The molecule has 1 atom stereocenters. The van der Waals surface area contributed by atoms with E-state index < -0.39 is 23.0 Å². The first-order valence-electron chi connectivity index (χ1n) is 7.12. The van der Waals surface area contributed by atoms with E-state index in [4.69, 9.17) is 0 Å². The lowest BCUT2D eigenvalue weighted by Gasteiger charge is -2.34. The molecule has 9 heteroatoms. The Morgan fingerprint density at radius 1 is 1.52 bits per heavy atom. The van der Waals surface area contributed by atoms with E-state index >= 15 is 0 Å². The number of carbonyl (C=O) groups excluding carboxylic acids is 1. The smallest absolute Gasteiger partial charge is 0.387 e. The second-order valence-corrected chi connectivity index (χ2v) is 5.27. The Balaban J connectivity index is 2.21. The van der Waals surface area contributed by atoms with E-state index in [0.29, 0.717) is 18.8 Å². The molecule has 1 fully saturated rings. The summed E-state index contributed by atoms with van der Waals surface area (Å²) in [6.07, 6.45) is 1.64. The molecule has 1 aliphatic heterocycles. The molecule has 1 unspecified atom stereocenters. The molecule has 0 spiro atoms. The van der Waals surface area contributed by atoms with Crippen molar-refractivity contribution in [2.75, 3.05) is 18.0 Å². The molecular formula is C14H17F2N3O4. The molecule has 0 aliphatic carbocycles. The zero-order valence-corrected chi connectivity index (χ0v) is 12.5. The molecule has 0 bridgehead atoms. The number of nitro groups is 1. The van der Waals surface area contributed by atoms with E-state index in [1.165, 1.54) is 19.1 Å². The van der Waals surface area contributed by atoms with Crippen LogP contribution in [0.15, 0.2) is 18.2 Å². The predicted octanol–water partition coefficient (Wildman–Crippen LogP) is 2.30. The Bertz CT molecular complexity index is 597. The number of amides is 1. The van der Waals surface area contributed by atoms with Gasteiger partial charge >= 0.3 is 12.3 Å². The Kier molecular flexibility index (Phi) is 5.30. The highest BCUT2D eigenvalue weighted by Gasteiger charge is 2.24. The van der Waals surface area contributed by atoms with Crippen molar-refractivity contribution in [1.29, 1.82) is 0 Å². The first kappa shape index (κ1) is 16.9. The van der Waals surface area contributed by atoms with E-state index in [2.05, 4.69) is 10.1 Å². The van der Waals surface area contributed by atoms with Crippen molar-refractivity contribution in [2.45, 2.75) is 32.4 Å². The second kappa shape index (κ2) is 7.21. The van der Waals surface area contributed by atoms with E-state index in [0.717, 1.165) is 18.9 Å². The number of carbonyl (C=O) groups is 1. The van der Waals surface area contributed by atoms with Crippen LogP contribution in [0.5, 0.6) is 5.75 Å². The maximum atomic E-state index is 12.4. The molecule has 0 aromatic heterocycles. The maximum absolute atomic E-state index is 12.4. The van der Waals surface area contributed by atoms with Crippen molar-refractivity contribution >= 4 is 17.3 Å². The van der Waals surface area contributed by atoms with Crippen molar-refractivity contribution in [3.8, 4) is 5.75 Å². The Labute approximate surface area is 131 Å². The van der Waals surface area contributed by atoms with Gasteiger partial charge in [0.25, 0.3) is 0 Å². The quantitative estimate of drug-likeness (QED) is 0.662. The maximum Gasteiger partial charge on any atom is 0.387 e. The van der Waals surface area contributed by atoms with Crippen LogP contribution in [-0.4, -0.2) is 36.6 Å². The van der Waals surface area contributed by atoms with Crippen LogP contribution in [0.3, 0.4) is 0 Å². The lowest BCUT2D eigenvalue weighted by molar-refractivity contribution is -0.386. The average molecular weight is 329 g/mol. The van der Waals surface area contributed by atoms with Gasteiger partial charge < -0.3 is 15.0 Å². The highest BCUT2D eigenvalue weighted by atomic mass is 19.3. The third-order valence-corrected chi connectivity index (χ3v) is 3.55. The van der Waals surface area contributed by atoms with Gasteiger partial charge in [0.1, 0.15) is 0 Å². The molecule has 1 heterocycles. The summed E-state index contributed by atoms with van der Waals surface area (Å²) in [5, 5.41) is 13.7. The van der Waals surface area contributed by atoms with Gasteiger partial charge in [-0.25, -0.2) is 0 Å². The van der Waals surface area contributed by atoms with Crippen molar-refractivity contribution in [3.05, 3.63) is 28.3 Å². The summed E-state index contributed by atoms with van der Waals surface area (Å²) in [6.45, 7) is -0.537. The normalized spacial score (nSPS) is 17.9. The molecule has 2 rings (SSSR count). The van der Waals surface area contributed by atoms with Gasteiger partial charge in [-0.2, -0.15) is 8.78 Å². The number of benzene rings is 1. The molecule has 1 aromatic carbocycles. The molecule has 126 valence electrons. The molecule has 1 amide bonds. The number of rotatable bonds is 5. The van der Waals surface area contributed by atoms with E-state index in [1.807, 2.05) is 4.90 Å². The van der Waals surface area contributed by atoms with Crippen LogP contribution in [0.4, 0.5) is 20.2 Å². The van der Waals surface area contributed by atoms with Gasteiger partial charge in [0.05, 0.1) is 4.92 Å². The molecule has 0 radical (unpaired) electrons. The minimum atomic E-state index is -3.14. The SMILES string of the molecule is CC(=O)NC1CCCN(c2ccc([N+](=O)[O-])c(OC(F)F)c2)C1. The molecule has 7 nitrogen and oxygen atoms in total. The highest BCUT2D eigenvalue weighted by Crippen LogP contribution is 2.33. The van der Waals surface area contributed by atoms with E-state index in [9.17, 15) is 23.7 Å². The number of hydrogen-bond donors (Lipinski definition) is 1. The number of halogens is 2. The zero-order valence-electron chi connectivity index (χ0n) is 12.5. The second-order valence-electron chi connectivity index (χ2n) is 5.27. The highest BCUT2D eigenvalue weighted by molar-refractivity contribution is 5.73. The van der Waals surface area contributed by atoms with Gasteiger partial charge in [0.2, 0.25) is 11.7 Å². The van der Waals surface area contributed by atoms with Crippen LogP contribution in [0.25, 0.3) is 0 Å². The minimum absolute atomic E-state index is 0.0455. The van der Waals surface area contributed by atoms with Crippen LogP contribution in [0, 0.1) is 10.1 Å². The van der Waals surface area contributed by atoms with E-state index in [1.54, 1.807) is 0 Å². The summed E-state index contributed by atoms with van der Waals surface area (Å²) in [5.74, 6) is -0.605. The number of piperidine rings is 1. The number of hydrogen-bond acceptors (Lipinski definition) is 5. The largest absolute Gasteiger partial charge is 0.427 e. The lowest BCUT2D eigenvalue weighted by atomic mass is 10.0. The van der Waals surface area contributed by atoms with Gasteiger partial charge in [-0.1, -0.05) is 0 Å². The first-order chi connectivity index (χ1) is 10.9. The summed E-state index contributed by atoms with van der Waals surface area (Å²) < 4.78 is 29.1. The number of nitrogens with zero attached hydrogens (tertiary/aromatic N) is 2. The van der Waals surface area contributed by atoms with Crippen LogP contribution in [0.1, 0.15) is 19.8 Å². The fraction of sp³-hybridized carbons (Fsp3) is 0.500. The summed E-state index contributed by atoms with van der Waals surface area (Å²) in [6, 6.07) is 3.83. The standard InChI is InChI=1S/C14H17F2N3O4/c1-9(20)17-10-3-2-6-18(8-10)11-4-5-12(19(21)22)13(7-11)23-14(15)16/h4-5,7,10,14H,2-3,6,8H2,1H3,(H,17,20). The van der Waals surface area contributed by atoms with Crippen LogP contribution < -0.4 is 15.0 Å². The third kappa shape index (κ3) is 4.51. The Hall–Kier alpha value is -2.45. The Morgan fingerprint density at radius 2 is 2.26 bits per heavy atom. The number of anilines is 1. The number of nitrogens with one attached hydrogen (secondary N) is 1. The van der Waals surface area contributed by atoms with Gasteiger partial charge in [-0.05, 0) is 18.9 Å². The molecular weight excluding hydrogens is 312 g/mol. The third-order valence-electron chi connectivity index (χ3n) is 3.55. The summed E-state index contributed by atoms with van der Waals surface area (Å²) in [4.78, 5) is 23.1. The Morgan fingerprint density at radius 3 is 2.87 bits per heavy atom. The lowest BCUT2D eigenvalue weighted by Crippen LogP contribution is -2.47. The fourth-order valence-electron chi connectivity index (χ4n) is 2.66. The molecule has 23 heavy (non-hydrogen) atoms. The number of nitro benzene ring substituents is 1. The van der Waals surface area contributed by atoms with Crippen LogP contribution in [-0.2, 0) is 4.79 Å². The average Bonchev–Trinajstić information content (AvgIpc) is 2.45. The van der Waals surface area contributed by atoms with Crippen molar-refractivity contribution in [3.63, 3.8) is 0 Å². The molecule has 1 N–H and O–H groups in total. The molecule has 1 aromatic rings. The molecule has 0 saturated carbocycles. The van der Waals surface area contributed by atoms with Gasteiger partial charge in [0, 0.05) is 43.9 Å². The van der Waals surface area contributed by atoms with Gasteiger partial charge in [-0.15, -0.1) is 0 Å². The van der Waals surface area contributed by atoms with E-state index in [-0.39, 0.29) is 11.9 Å². The van der Waals surface area contributed by atoms with Crippen molar-refractivity contribution in [1.82, 2.24) is 5.32 Å². The number of ether oxygens (including phenoxy) is 1. The summed E-state index contributed by atoms with van der Waals surface area (Å²) in [5.41, 5.74) is 0.0331. The minimum Gasteiger partial charge on any atom is -0.427 e. The summed E-state index contributed by atoms with van der Waals surface area (Å²) >= 11 is 0. The summed E-state index contributed by atoms with van der Waals surface area (Å²) in [7, 11) is 0. The van der Waals surface area contributed by atoms with Crippen LogP contribution in [0.2, 0.25) is 0 Å². The van der Waals surface area contributed by atoms with Crippen molar-refractivity contribution in [2.24, 2.45) is 0 Å². The molecule has 1 saturated heterocycles. The van der Waals surface area contributed by atoms with Gasteiger partial charge in [0.15, 0.2) is 0 Å². The first-order valence-corrected chi connectivity index (χ1v) is 7.12. The van der Waals surface area contributed by atoms with Crippen LogP contribution >= 0.6 is 0 Å². The predicted molar refractivity (Wildman–Crippen MR) is 78.8 cm³/mol.